The van der Waals surface area contributed by atoms with Gasteiger partial charge in [-0.15, -0.1) is 0 Å². The van der Waals surface area contributed by atoms with Crippen LogP contribution in [0.5, 0.6) is 0 Å². The molecule has 0 bridgehead atoms. The lowest BCUT2D eigenvalue weighted by Crippen LogP contribution is -2.46. The Bertz CT molecular complexity index is 426. The van der Waals surface area contributed by atoms with Crippen molar-refractivity contribution in [3.8, 4) is 6.07 Å². The van der Waals surface area contributed by atoms with Crippen LogP contribution in [-0.4, -0.2) is 15.8 Å². The Hall–Kier alpha value is -1.37. The number of hydroxylamine groups is 2. The number of rotatable bonds is 3. The van der Waals surface area contributed by atoms with Crippen LogP contribution in [0, 0.1) is 16.7 Å². The molecule has 1 unspecified atom stereocenters. The molecule has 0 saturated carbocycles. The summed E-state index contributed by atoms with van der Waals surface area (Å²) in [6, 6.07) is 11.6. The predicted octanol–water partition coefficient (Wildman–Crippen LogP) is 3.77. The molecule has 0 amide bonds. The standard InChI is InChI=1S/C15H22N2O/c1-14(2,3)17(18)13(15(4,5)11-16)12-9-7-6-8-10-12/h6-10,13,18H,1-5H3. The number of nitriles is 1. The Morgan fingerprint density at radius 1 is 1.11 bits per heavy atom. The highest BCUT2D eigenvalue weighted by Gasteiger charge is 2.39. The summed E-state index contributed by atoms with van der Waals surface area (Å²) in [6.45, 7) is 9.47. The van der Waals surface area contributed by atoms with Gasteiger partial charge in [-0.2, -0.15) is 10.3 Å². The van der Waals surface area contributed by atoms with Gasteiger partial charge in [0, 0.05) is 5.54 Å². The number of benzene rings is 1. The molecule has 1 N–H and O–H groups in total. The zero-order valence-corrected chi connectivity index (χ0v) is 11.8. The summed E-state index contributed by atoms with van der Waals surface area (Å²) in [7, 11) is 0. The van der Waals surface area contributed by atoms with Gasteiger partial charge in [0.15, 0.2) is 0 Å². The van der Waals surface area contributed by atoms with Crippen LogP contribution in [0.1, 0.15) is 46.2 Å². The van der Waals surface area contributed by atoms with E-state index in [4.69, 9.17) is 0 Å². The van der Waals surface area contributed by atoms with Crippen molar-refractivity contribution < 1.29 is 5.21 Å². The highest BCUT2D eigenvalue weighted by molar-refractivity contribution is 5.24. The number of hydrogen-bond acceptors (Lipinski definition) is 3. The van der Waals surface area contributed by atoms with Gasteiger partial charge in [-0.05, 0) is 40.2 Å². The van der Waals surface area contributed by atoms with E-state index >= 15 is 0 Å². The van der Waals surface area contributed by atoms with Crippen LogP contribution in [0.3, 0.4) is 0 Å². The van der Waals surface area contributed by atoms with Crippen LogP contribution < -0.4 is 0 Å². The predicted molar refractivity (Wildman–Crippen MR) is 72.0 cm³/mol. The summed E-state index contributed by atoms with van der Waals surface area (Å²) in [5, 5.41) is 21.1. The van der Waals surface area contributed by atoms with E-state index in [1.807, 2.05) is 65.0 Å². The SMILES string of the molecule is CC(C)(C#N)C(c1ccccc1)N(O)C(C)(C)C. The van der Waals surface area contributed by atoms with E-state index in [1.54, 1.807) is 0 Å². The molecule has 0 aliphatic rings. The Morgan fingerprint density at radius 2 is 1.61 bits per heavy atom. The van der Waals surface area contributed by atoms with Crippen molar-refractivity contribution in [1.82, 2.24) is 5.06 Å². The van der Waals surface area contributed by atoms with Gasteiger partial charge in [0.25, 0.3) is 0 Å². The molecule has 1 atom stereocenters. The van der Waals surface area contributed by atoms with E-state index < -0.39 is 11.0 Å². The van der Waals surface area contributed by atoms with Gasteiger partial charge >= 0.3 is 0 Å². The average molecular weight is 246 g/mol. The summed E-state index contributed by atoms with van der Waals surface area (Å²) >= 11 is 0. The molecule has 0 spiro atoms. The molecule has 0 fully saturated rings. The van der Waals surface area contributed by atoms with Crippen molar-refractivity contribution in [1.29, 1.82) is 5.26 Å². The first-order chi connectivity index (χ1) is 8.20. The summed E-state index contributed by atoms with van der Waals surface area (Å²) < 4.78 is 0. The maximum absolute atomic E-state index is 10.4. The lowest BCUT2D eigenvalue weighted by atomic mass is 9.80. The van der Waals surface area contributed by atoms with Crippen LogP contribution in [0.4, 0.5) is 0 Å². The molecule has 1 rings (SSSR count). The van der Waals surface area contributed by atoms with Crippen molar-refractivity contribution in [3.05, 3.63) is 35.9 Å². The largest absolute Gasteiger partial charge is 0.313 e. The molecule has 1 aromatic rings. The highest BCUT2D eigenvalue weighted by atomic mass is 16.5. The van der Waals surface area contributed by atoms with Gasteiger partial charge in [-0.25, -0.2) is 0 Å². The van der Waals surface area contributed by atoms with Crippen molar-refractivity contribution in [2.24, 2.45) is 5.41 Å². The second-order valence-electron chi connectivity index (χ2n) is 6.16. The monoisotopic (exact) mass is 246 g/mol. The fourth-order valence-electron chi connectivity index (χ4n) is 1.95. The summed E-state index contributed by atoms with van der Waals surface area (Å²) in [5.41, 5.74) is -0.153. The van der Waals surface area contributed by atoms with E-state index in [2.05, 4.69) is 6.07 Å². The first kappa shape index (κ1) is 14.7. The van der Waals surface area contributed by atoms with E-state index in [0.717, 1.165) is 5.56 Å². The Morgan fingerprint density at radius 3 is 2.00 bits per heavy atom. The molecule has 0 saturated heterocycles. The molecule has 0 aliphatic heterocycles. The van der Waals surface area contributed by atoms with E-state index in [-0.39, 0.29) is 6.04 Å². The minimum absolute atomic E-state index is 0.358. The molecule has 1 aromatic carbocycles. The van der Waals surface area contributed by atoms with Gasteiger partial charge < -0.3 is 5.21 Å². The molecule has 0 heterocycles. The molecule has 0 aliphatic carbocycles. The molecule has 0 aromatic heterocycles. The van der Waals surface area contributed by atoms with Crippen LogP contribution in [0.15, 0.2) is 30.3 Å². The lowest BCUT2D eigenvalue weighted by Gasteiger charge is -2.41. The third kappa shape index (κ3) is 3.10. The fourth-order valence-corrected chi connectivity index (χ4v) is 1.95. The van der Waals surface area contributed by atoms with Crippen LogP contribution in [0.25, 0.3) is 0 Å². The first-order valence-corrected chi connectivity index (χ1v) is 6.14. The van der Waals surface area contributed by atoms with Crippen LogP contribution >= 0.6 is 0 Å². The molecule has 98 valence electrons. The van der Waals surface area contributed by atoms with Crippen molar-refractivity contribution >= 4 is 0 Å². The molecular weight excluding hydrogens is 224 g/mol. The van der Waals surface area contributed by atoms with E-state index in [0.29, 0.717) is 0 Å². The van der Waals surface area contributed by atoms with Gasteiger partial charge in [-0.1, -0.05) is 30.3 Å². The van der Waals surface area contributed by atoms with Gasteiger partial charge in [0.05, 0.1) is 17.5 Å². The topological polar surface area (TPSA) is 47.3 Å². The molecule has 3 heteroatoms. The Balaban J connectivity index is 3.26. The number of nitrogens with zero attached hydrogens (tertiary/aromatic N) is 2. The second-order valence-corrected chi connectivity index (χ2v) is 6.16. The molecule has 3 nitrogen and oxygen atoms in total. The second kappa shape index (κ2) is 5.09. The number of hydrogen-bond donors (Lipinski definition) is 1. The van der Waals surface area contributed by atoms with E-state index in [9.17, 15) is 10.5 Å². The Kier molecular flexibility index (Phi) is 4.16. The quantitative estimate of drug-likeness (QED) is 0.826. The smallest absolute Gasteiger partial charge is 0.0786 e. The average Bonchev–Trinajstić information content (AvgIpc) is 2.29. The third-order valence-corrected chi connectivity index (χ3v) is 3.02. The maximum atomic E-state index is 10.4. The van der Waals surface area contributed by atoms with Crippen molar-refractivity contribution in [3.63, 3.8) is 0 Å². The van der Waals surface area contributed by atoms with Crippen LogP contribution in [0.2, 0.25) is 0 Å². The maximum Gasteiger partial charge on any atom is 0.0786 e. The fraction of sp³-hybridized carbons (Fsp3) is 0.533. The summed E-state index contributed by atoms with van der Waals surface area (Å²) in [5.74, 6) is 0. The van der Waals surface area contributed by atoms with Gasteiger partial charge in [-0.3, -0.25) is 0 Å². The minimum Gasteiger partial charge on any atom is -0.313 e. The lowest BCUT2D eigenvalue weighted by molar-refractivity contribution is -0.207. The molecule has 18 heavy (non-hydrogen) atoms. The minimum atomic E-state index is -0.677. The van der Waals surface area contributed by atoms with Crippen LogP contribution in [-0.2, 0) is 0 Å². The summed E-state index contributed by atoms with van der Waals surface area (Å²) in [6.07, 6.45) is 0. The highest BCUT2D eigenvalue weighted by Crippen LogP contribution is 2.39. The van der Waals surface area contributed by atoms with Gasteiger partial charge in [0.2, 0.25) is 0 Å². The normalized spacial score (nSPS) is 14.3. The zero-order valence-electron chi connectivity index (χ0n) is 11.8. The van der Waals surface area contributed by atoms with E-state index in [1.165, 1.54) is 5.06 Å². The zero-order chi connectivity index (χ0) is 14.0. The molecule has 0 radical (unpaired) electrons. The Labute approximate surface area is 110 Å². The van der Waals surface area contributed by atoms with Gasteiger partial charge in [0.1, 0.15) is 0 Å². The first-order valence-electron chi connectivity index (χ1n) is 6.14. The van der Waals surface area contributed by atoms with Crippen molar-refractivity contribution in [2.75, 3.05) is 0 Å². The third-order valence-electron chi connectivity index (χ3n) is 3.02. The molecular formula is C15H22N2O. The summed E-state index contributed by atoms with van der Waals surface area (Å²) in [4.78, 5) is 0. The van der Waals surface area contributed by atoms with Crippen molar-refractivity contribution in [2.45, 2.75) is 46.2 Å².